The predicted molar refractivity (Wildman–Crippen MR) is 136 cm³/mol. The van der Waals surface area contributed by atoms with Gasteiger partial charge in [-0.05, 0) is 36.0 Å². The molecule has 1 aromatic heterocycles. The maximum atomic E-state index is 13.4. The van der Waals surface area contributed by atoms with Crippen molar-refractivity contribution in [2.24, 2.45) is 11.7 Å². The molecule has 16 heteroatoms. The van der Waals surface area contributed by atoms with Crippen LogP contribution in [0.3, 0.4) is 0 Å². The smallest absolute Gasteiger partial charge is 0.435 e. The molecule has 0 aliphatic carbocycles. The van der Waals surface area contributed by atoms with Gasteiger partial charge in [-0.15, -0.1) is 11.3 Å². The Hall–Kier alpha value is -2.08. The van der Waals surface area contributed by atoms with Crippen LogP contribution in [0, 0.1) is 5.92 Å². The predicted octanol–water partition coefficient (Wildman–Crippen LogP) is 2.27. The van der Waals surface area contributed by atoms with Gasteiger partial charge < -0.3 is 9.47 Å². The number of esters is 1. The average molecular weight is 612 g/mol. The van der Waals surface area contributed by atoms with Crippen molar-refractivity contribution in [1.29, 1.82) is 0 Å². The minimum Gasteiger partial charge on any atom is -0.435 e. The third-order valence-electron chi connectivity index (χ3n) is 6.51. The molecule has 0 spiro atoms. The molecule has 0 bridgehead atoms. The number of nitrogens with zero attached hydrogens (tertiary/aromatic N) is 2. The molecule has 216 valence electrons. The Balaban J connectivity index is 1.53. The summed E-state index contributed by atoms with van der Waals surface area (Å²) in [4.78, 5) is 11.0. The van der Waals surface area contributed by atoms with Gasteiger partial charge >= 0.3 is 12.1 Å². The van der Waals surface area contributed by atoms with Gasteiger partial charge in [-0.3, -0.25) is 5.73 Å². The van der Waals surface area contributed by atoms with Crippen molar-refractivity contribution in [3.05, 3.63) is 52.9 Å². The van der Waals surface area contributed by atoms with Gasteiger partial charge in [-0.1, -0.05) is 30.3 Å². The molecule has 3 heterocycles. The normalized spacial score (nSPS) is 22.9. The Labute approximate surface area is 228 Å². The largest absolute Gasteiger partial charge is 0.490 e. The molecule has 4 rings (SSSR count). The van der Waals surface area contributed by atoms with E-state index in [1.807, 2.05) is 30.3 Å². The first-order valence-corrected chi connectivity index (χ1v) is 15.9. The molecule has 39 heavy (non-hydrogen) atoms. The number of benzene rings is 1. The van der Waals surface area contributed by atoms with Gasteiger partial charge in [0.2, 0.25) is 0 Å². The SMILES string of the molecule is NC(OC(=O)C(F)(F)F)c1ccc(S(=O)(=O)CC2CC(c3ccccc3)CN(S(=O)(=O)N3CCOCC3)C2)s1. The van der Waals surface area contributed by atoms with Gasteiger partial charge in [0, 0.05) is 26.2 Å². The van der Waals surface area contributed by atoms with Crippen molar-refractivity contribution >= 4 is 37.4 Å². The standard InChI is InChI=1S/C23H28F3N3O7S3/c24-23(25,26)22(30)36-21(27)19-6-7-20(37-19)38(31,32)15-16-12-18(17-4-2-1-3-5-17)14-29(13-16)39(33,34)28-8-10-35-11-9-28/h1-7,16,18,21H,8-15,27H2. The highest BCUT2D eigenvalue weighted by Crippen LogP contribution is 2.36. The minimum atomic E-state index is -5.24. The summed E-state index contributed by atoms with van der Waals surface area (Å²) in [5, 5.41) is 0. The molecule has 10 nitrogen and oxygen atoms in total. The van der Waals surface area contributed by atoms with Crippen molar-refractivity contribution in [3.8, 4) is 0 Å². The quantitative estimate of drug-likeness (QED) is 0.355. The number of carbonyl (C=O) groups is 1. The van der Waals surface area contributed by atoms with Gasteiger partial charge in [-0.25, -0.2) is 13.2 Å². The second kappa shape index (κ2) is 11.8. The number of hydrogen-bond donors (Lipinski definition) is 1. The Morgan fingerprint density at radius 3 is 2.36 bits per heavy atom. The highest BCUT2D eigenvalue weighted by atomic mass is 32.2. The second-order valence-electron chi connectivity index (χ2n) is 9.31. The molecule has 0 amide bonds. The van der Waals surface area contributed by atoms with E-state index >= 15 is 0 Å². The Morgan fingerprint density at radius 2 is 1.72 bits per heavy atom. The Bertz CT molecular complexity index is 1360. The number of nitrogens with two attached hydrogens (primary N) is 1. The maximum Gasteiger partial charge on any atom is 0.490 e. The van der Waals surface area contributed by atoms with Crippen LogP contribution in [-0.4, -0.2) is 82.7 Å². The molecule has 2 aliphatic rings. The van der Waals surface area contributed by atoms with Gasteiger partial charge in [0.05, 0.1) is 23.8 Å². The topological polar surface area (TPSA) is 136 Å². The third-order valence-corrected chi connectivity index (χ3v) is 12.1. The van der Waals surface area contributed by atoms with Crippen LogP contribution in [0.1, 0.15) is 29.0 Å². The van der Waals surface area contributed by atoms with Crippen molar-refractivity contribution in [2.45, 2.75) is 29.0 Å². The molecule has 3 unspecified atom stereocenters. The lowest BCUT2D eigenvalue weighted by atomic mass is 9.86. The molecule has 2 fully saturated rings. The molecule has 2 aromatic rings. The molecule has 0 saturated carbocycles. The van der Waals surface area contributed by atoms with E-state index in [9.17, 15) is 34.8 Å². The number of ether oxygens (including phenoxy) is 2. The lowest BCUT2D eigenvalue weighted by Gasteiger charge is -2.40. The monoisotopic (exact) mass is 611 g/mol. The fourth-order valence-electron chi connectivity index (χ4n) is 4.66. The number of hydrogen-bond acceptors (Lipinski definition) is 9. The first-order chi connectivity index (χ1) is 18.3. The molecule has 2 N–H and O–H groups in total. The molecule has 2 saturated heterocycles. The number of piperidine rings is 1. The van der Waals surface area contributed by atoms with Crippen molar-refractivity contribution in [3.63, 3.8) is 0 Å². The highest BCUT2D eigenvalue weighted by Gasteiger charge is 2.43. The lowest BCUT2D eigenvalue weighted by Crippen LogP contribution is -2.53. The van der Waals surface area contributed by atoms with Gasteiger partial charge in [0.15, 0.2) is 16.1 Å². The van der Waals surface area contributed by atoms with Crippen LogP contribution in [0.2, 0.25) is 0 Å². The zero-order valence-corrected chi connectivity index (χ0v) is 23.1. The van der Waals surface area contributed by atoms with Crippen molar-refractivity contribution < 1.29 is 44.3 Å². The van der Waals surface area contributed by atoms with Crippen LogP contribution in [0.15, 0.2) is 46.7 Å². The zero-order valence-electron chi connectivity index (χ0n) is 20.6. The van der Waals surface area contributed by atoms with Crippen molar-refractivity contribution in [2.75, 3.05) is 45.1 Å². The number of morpholine rings is 1. The van der Waals surface area contributed by atoms with E-state index < -0.39 is 44.3 Å². The van der Waals surface area contributed by atoms with Crippen LogP contribution >= 0.6 is 11.3 Å². The lowest BCUT2D eigenvalue weighted by molar-refractivity contribution is -0.204. The number of alkyl halides is 3. The fourth-order valence-corrected chi connectivity index (χ4v) is 9.34. The van der Waals surface area contributed by atoms with E-state index in [0.29, 0.717) is 17.8 Å². The number of sulfone groups is 1. The average Bonchev–Trinajstić information content (AvgIpc) is 3.41. The van der Waals surface area contributed by atoms with Gasteiger partial charge in [0.25, 0.3) is 10.2 Å². The van der Waals surface area contributed by atoms with Crippen LogP contribution < -0.4 is 5.73 Å². The van der Waals surface area contributed by atoms with Crippen LogP contribution in [0.4, 0.5) is 13.2 Å². The minimum absolute atomic E-state index is 0.0107. The first-order valence-electron chi connectivity index (χ1n) is 12.0. The summed E-state index contributed by atoms with van der Waals surface area (Å²) < 4.78 is 103. The van der Waals surface area contributed by atoms with E-state index in [1.54, 1.807) is 0 Å². The first kappa shape index (κ1) is 29.9. The Morgan fingerprint density at radius 1 is 1.05 bits per heavy atom. The number of carbonyl (C=O) groups excluding carboxylic acids is 1. The number of halogens is 3. The van der Waals surface area contributed by atoms with Gasteiger partial charge in [-0.2, -0.15) is 30.2 Å². The van der Waals surface area contributed by atoms with E-state index in [-0.39, 0.29) is 60.1 Å². The molecule has 1 aromatic carbocycles. The molecule has 2 aliphatic heterocycles. The number of thiophene rings is 1. The fraction of sp³-hybridized carbons (Fsp3) is 0.522. The summed E-state index contributed by atoms with van der Waals surface area (Å²) in [7, 11) is -7.86. The maximum absolute atomic E-state index is 13.4. The van der Waals surface area contributed by atoms with Crippen LogP contribution in [0.25, 0.3) is 0 Å². The number of rotatable bonds is 8. The van der Waals surface area contributed by atoms with Crippen molar-refractivity contribution in [1.82, 2.24) is 8.61 Å². The molecular weight excluding hydrogens is 583 g/mol. The molecular formula is C23H28F3N3O7S3. The Kier molecular flexibility index (Phi) is 9.05. The summed E-state index contributed by atoms with van der Waals surface area (Å²) in [6, 6.07) is 11.6. The summed E-state index contributed by atoms with van der Waals surface area (Å²) in [5.74, 6) is -3.68. The summed E-state index contributed by atoms with van der Waals surface area (Å²) in [6.45, 7) is 1.14. The van der Waals surface area contributed by atoms with E-state index in [2.05, 4.69) is 4.74 Å². The van der Waals surface area contributed by atoms with E-state index in [0.717, 1.165) is 5.56 Å². The van der Waals surface area contributed by atoms with E-state index in [4.69, 9.17) is 10.5 Å². The van der Waals surface area contributed by atoms with Gasteiger partial charge in [0.1, 0.15) is 4.21 Å². The zero-order chi connectivity index (χ0) is 28.4. The third kappa shape index (κ3) is 7.17. The summed E-state index contributed by atoms with van der Waals surface area (Å²) >= 11 is 0.604. The van der Waals surface area contributed by atoms with Crippen LogP contribution in [-0.2, 0) is 34.3 Å². The van der Waals surface area contributed by atoms with E-state index in [1.165, 1.54) is 20.7 Å². The highest BCUT2D eigenvalue weighted by molar-refractivity contribution is 7.93. The summed E-state index contributed by atoms with van der Waals surface area (Å²) in [6.07, 6.45) is -6.62. The molecule has 3 atom stereocenters. The van der Waals surface area contributed by atoms with Crippen LogP contribution in [0.5, 0.6) is 0 Å². The molecule has 0 radical (unpaired) electrons. The summed E-state index contributed by atoms with van der Waals surface area (Å²) in [5.41, 5.74) is 6.43. The second-order valence-corrected chi connectivity index (χ2v) is 14.6.